The van der Waals surface area contributed by atoms with E-state index in [9.17, 15) is 14.0 Å². The van der Waals surface area contributed by atoms with Crippen LogP contribution < -0.4 is 5.32 Å². The maximum atomic E-state index is 13.5. The quantitative estimate of drug-likeness (QED) is 0.905. The molecule has 3 rings (SSSR count). The fourth-order valence-electron chi connectivity index (χ4n) is 2.33. The number of thioether (sulfide) groups is 1. The Bertz CT molecular complexity index is 647. The van der Waals surface area contributed by atoms with Crippen molar-refractivity contribution in [2.75, 3.05) is 31.6 Å². The van der Waals surface area contributed by atoms with Crippen molar-refractivity contribution in [3.63, 3.8) is 0 Å². The van der Waals surface area contributed by atoms with Gasteiger partial charge in [0.2, 0.25) is 5.91 Å². The molecule has 8 heteroatoms. The molecule has 0 radical (unpaired) electrons. The lowest BCUT2D eigenvalue weighted by Gasteiger charge is -2.27. The molecule has 0 spiro atoms. The Hall–Kier alpha value is -1.93. The van der Waals surface area contributed by atoms with Crippen LogP contribution in [-0.4, -0.2) is 53.4 Å². The first-order chi connectivity index (χ1) is 11.1. The Morgan fingerprint density at radius 3 is 2.87 bits per heavy atom. The third-order valence-corrected chi connectivity index (χ3v) is 4.74. The van der Waals surface area contributed by atoms with Crippen LogP contribution in [0.2, 0.25) is 0 Å². The number of halogens is 1. The summed E-state index contributed by atoms with van der Waals surface area (Å²) in [6, 6.07) is 5.93. The molecule has 2 heterocycles. The summed E-state index contributed by atoms with van der Waals surface area (Å²) in [7, 11) is 0. The van der Waals surface area contributed by atoms with Crippen LogP contribution in [0.5, 0.6) is 0 Å². The van der Waals surface area contributed by atoms with Crippen molar-refractivity contribution in [1.82, 2.24) is 4.90 Å². The molecule has 1 aromatic rings. The lowest BCUT2D eigenvalue weighted by molar-refractivity contribution is -0.121. The van der Waals surface area contributed by atoms with Crippen LogP contribution in [-0.2, 0) is 14.3 Å². The number of nitrogens with zero attached hydrogens (tertiary/aromatic N) is 2. The number of hydrogen-bond donors (Lipinski definition) is 1. The third kappa shape index (κ3) is 3.89. The number of amidine groups is 1. The predicted octanol–water partition coefficient (Wildman–Crippen LogP) is 1.48. The Labute approximate surface area is 137 Å². The molecular formula is C15H16FN3O3S. The van der Waals surface area contributed by atoms with Gasteiger partial charge in [-0.25, -0.2) is 4.39 Å². The zero-order valence-electron chi connectivity index (χ0n) is 12.3. The third-order valence-electron chi connectivity index (χ3n) is 3.53. The molecule has 0 aliphatic carbocycles. The van der Waals surface area contributed by atoms with E-state index in [4.69, 9.17) is 4.74 Å². The van der Waals surface area contributed by atoms with Gasteiger partial charge in [-0.1, -0.05) is 23.9 Å². The molecule has 1 fully saturated rings. The molecule has 0 aromatic heterocycles. The van der Waals surface area contributed by atoms with E-state index >= 15 is 0 Å². The minimum absolute atomic E-state index is 0.0326. The van der Waals surface area contributed by atoms with Gasteiger partial charge in [0, 0.05) is 19.5 Å². The number of carbonyl (C=O) groups excluding carboxylic acids is 2. The van der Waals surface area contributed by atoms with E-state index in [0.29, 0.717) is 31.5 Å². The number of rotatable bonds is 3. The van der Waals surface area contributed by atoms with E-state index in [1.807, 2.05) is 4.90 Å². The minimum Gasteiger partial charge on any atom is -0.378 e. The zero-order chi connectivity index (χ0) is 16.2. The van der Waals surface area contributed by atoms with Crippen LogP contribution in [0.15, 0.2) is 29.3 Å². The van der Waals surface area contributed by atoms with Crippen molar-refractivity contribution in [2.24, 2.45) is 4.99 Å². The average molecular weight is 337 g/mol. The van der Waals surface area contributed by atoms with Crippen LogP contribution >= 0.6 is 11.8 Å². The maximum Gasteiger partial charge on any atom is 0.262 e. The van der Waals surface area contributed by atoms with Crippen molar-refractivity contribution in [3.8, 4) is 0 Å². The number of hydrogen-bond acceptors (Lipinski definition) is 5. The predicted molar refractivity (Wildman–Crippen MR) is 85.9 cm³/mol. The van der Waals surface area contributed by atoms with Gasteiger partial charge in [0.15, 0.2) is 5.17 Å². The molecule has 0 bridgehead atoms. The second kappa shape index (κ2) is 7.10. The fraction of sp³-hybridized carbons (Fsp3) is 0.400. The first-order valence-corrected chi connectivity index (χ1v) is 8.18. The van der Waals surface area contributed by atoms with Gasteiger partial charge >= 0.3 is 0 Å². The molecule has 6 nitrogen and oxygen atoms in total. The summed E-state index contributed by atoms with van der Waals surface area (Å²) in [5.41, 5.74) is 0.113. The second-order valence-corrected chi connectivity index (χ2v) is 6.34. The van der Waals surface area contributed by atoms with E-state index in [1.165, 1.54) is 23.9 Å². The largest absolute Gasteiger partial charge is 0.378 e. The zero-order valence-corrected chi connectivity index (χ0v) is 13.1. The number of morpholine rings is 1. The van der Waals surface area contributed by atoms with E-state index in [1.54, 1.807) is 12.1 Å². The molecule has 1 N–H and O–H groups in total. The lowest BCUT2D eigenvalue weighted by atomic mass is 10.2. The van der Waals surface area contributed by atoms with Crippen LogP contribution in [0.25, 0.3) is 0 Å². The number of benzene rings is 1. The molecule has 0 saturated carbocycles. The van der Waals surface area contributed by atoms with Gasteiger partial charge in [-0.3, -0.25) is 9.59 Å². The fourth-order valence-corrected chi connectivity index (χ4v) is 3.45. The van der Waals surface area contributed by atoms with Gasteiger partial charge in [0.1, 0.15) is 11.1 Å². The van der Waals surface area contributed by atoms with E-state index in [0.717, 1.165) is 0 Å². The first-order valence-electron chi connectivity index (χ1n) is 7.30. The second-order valence-electron chi connectivity index (χ2n) is 5.17. The van der Waals surface area contributed by atoms with Crippen LogP contribution in [0, 0.1) is 5.82 Å². The van der Waals surface area contributed by atoms with Crippen molar-refractivity contribution in [1.29, 1.82) is 0 Å². The lowest BCUT2D eigenvalue weighted by Crippen LogP contribution is -2.39. The van der Waals surface area contributed by atoms with Gasteiger partial charge in [-0.15, -0.1) is 0 Å². The molecule has 1 saturated heterocycles. The molecule has 1 atom stereocenters. The molecule has 0 unspecified atom stereocenters. The van der Waals surface area contributed by atoms with Crippen molar-refractivity contribution >= 4 is 34.4 Å². The van der Waals surface area contributed by atoms with Gasteiger partial charge < -0.3 is 15.0 Å². The number of ether oxygens (including phenoxy) is 1. The van der Waals surface area contributed by atoms with Gasteiger partial charge in [0.25, 0.3) is 5.91 Å². The number of aliphatic imine (C=N–C) groups is 1. The van der Waals surface area contributed by atoms with Gasteiger partial charge in [0.05, 0.1) is 18.9 Å². The molecule has 2 amide bonds. The van der Waals surface area contributed by atoms with Crippen LogP contribution in [0.3, 0.4) is 0 Å². The number of nitrogens with one attached hydrogen (secondary N) is 1. The van der Waals surface area contributed by atoms with Crippen LogP contribution in [0.4, 0.5) is 10.1 Å². The van der Waals surface area contributed by atoms with Crippen molar-refractivity contribution < 1.29 is 18.7 Å². The number of para-hydroxylation sites is 1. The monoisotopic (exact) mass is 337 g/mol. The highest BCUT2D eigenvalue weighted by Gasteiger charge is 2.33. The first kappa shape index (κ1) is 15.9. The summed E-state index contributed by atoms with van der Waals surface area (Å²) in [6.07, 6.45) is -0.0326. The number of amides is 2. The smallest absolute Gasteiger partial charge is 0.262 e. The normalized spacial score (nSPS) is 21.3. The topological polar surface area (TPSA) is 71.0 Å². The van der Waals surface area contributed by atoms with Crippen molar-refractivity contribution in [2.45, 2.75) is 11.7 Å². The Kier molecular flexibility index (Phi) is 4.92. The summed E-state index contributed by atoms with van der Waals surface area (Å²) in [6.45, 7) is 2.58. The summed E-state index contributed by atoms with van der Waals surface area (Å²) in [5, 5.41) is 2.57. The molecule has 122 valence electrons. The van der Waals surface area contributed by atoms with Crippen LogP contribution in [0.1, 0.15) is 6.42 Å². The maximum absolute atomic E-state index is 13.5. The minimum atomic E-state index is -0.556. The molecular weight excluding hydrogens is 321 g/mol. The Morgan fingerprint density at radius 2 is 2.13 bits per heavy atom. The summed E-state index contributed by atoms with van der Waals surface area (Å²) in [4.78, 5) is 30.0. The SMILES string of the molecule is O=C(C[C@H]1SC(N2CCOCC2)=NC1=O)Nc1ccccc1F. The highest BCUT2D eigenvalue weighted by molar-refractivity contribution is 8.15. The number of anilines is 1. The average Bonchev–Trinajstić information content (AvgIpc) is 2.91. The highest BCUT2D eigenvalue weighted by Crippen LogP contribution is 2.28. The van der Waals surface area contributed by atoms with Gasteiger partial charge in [-0.05, 0) is 12.1 Å². The van der Waals surface area contributed by atoms with E-state index in [-0.39, 0.29) is 18.0 Å². The summed E-state index contributed by atoms with van der Waals surface area (Å²) >= 11 is 1.28. The van der Waals surface area contributed by atoms with E-state index in [2.05, 4.69) is 10.3 Å². The Morgan fingerprint density at radius 1 is 1.39 bits per heavy atom. The molecule has 2 aliphatic heterocycles. The van der Waals surface area contributed by atoms with E-state index < -0.39 is 17.0 Å². The standard InChI is InChI=1S/C15H16FN3O3S/c16-10-3-1-2-4-11(10)17-13(20)9-12-14(21)18-15(23-12)19-5-7-22-8-6-19/h1-4,12H,5-9H2,(H,17,20)/t12-/m1/s1. The summed E-state index contributed by atoms with van der Waals surface area (Å²) in [5.74, 6) is -1.23. The van der Waals surface area contributed by atoms with Crippen molar-refractivity contribution in [3.05, 3.63) is 30.1 Å². The molecule has 23 heavy (non-hydrogen) atoms. The van der Waals surface area contributed by atoms with Gasteiger partial charge in [-0.2, -0.15) is 4.99 Å². The highest BCUT2D eigenvalue weighted by atomic mass is 32.2. The molecule has 1 aromatic carbocycles. The molecule has 2 aliphatic rings. The summed E-state index contributed by atoms with van der Waals surface area (Å²) < 4.78 is 18.8. The number of carbonyl (C=O) groups is 2. The Balaban J connectivity index is 1.56.